The van der Waals surface area contributed by atoms with Gasteiger partial charge in [-0.05, 0) is 11.6 Å². The molecule has 0 radical (unpaired) electrons. The molecule has 1 aromatic heterocycles. The number of benzene rings is 1. The zero-order valence-electron chi connectivity index (χ0n) is 8.61. The van der Waals surface area contributed by atoms with Gasteiger partial charge in [0.05, 0.1) is 6.42 Å². The number of aromatic nitrogens is 2. The molecule has 5 heteroatoms. The normalized spacial score (nSPS) is 10.4. The number of rotatable bonds is 3. The van der Waals surface area contributed by atoms with E-state index in [9.17, 15) is 4.79 Å². The molecule has 0 aliphatic carbocycles. The minimum Gasteiger partial charge on any atom is -0.339 e. The van der Waals surface area contributed by atoms with Crippen molar-refractivity contribution in [1.29, 1.82) is 0 Å². The van der Waals surface area contributed by atoms with Crippen LogP contribution in [0, 0.1) is 0 Å². The summed E-state index contributed by atoms with van der Waals surface area (Å²) in [7, 11) is 0. The monoisotopic (exact) mass is 280 g/mol. The molecule has 0 saturated carbocycles. The number of hydrogen-bond acceptors (Lipinski definition) is 4. The van der Waals surface area contributed by atoms with E-state index in [0.717, 1.165) is 10.0 Å². The Bertz CT molecular complexity index is 522. The molecule has 0 bridgehead atoms. The van der Waals surface area contributed by atoms with Gasteiger partial charge in [0.25, 0.3) is 0 Å². The minimum atomic E-state index is -0.192. The minimum absolute atomic E-state index is 0.127. The van der Waals surface area contributed by atoms with Crippen molar-refractivity contribution < 1.29 is 9.32 Å². The molecule has 2 rings (SSSR count). The summed E-state index contributed by atoms with van der Waals surface area (Å²) in [6.45, 7) is 1.41. The number of carbonyl (C=O) groups is 1. The highest BCUT2D eigenvalue weighted by Gasteiger charge is 2.11. The molecule has 0 aliphatic rings. The van der Waals surface area contributed by atoms with Gasteiger partial charge in [0.1, 0.15) is 0 Å². The first-order valence-electron chi connectivity index (χ1n) is 4.74. The molecule has 16 heavy (non-hydrogen) atoms. The van der Waals surface area contributed by atoms with Gasteiger partial charge < -0.3 is 4.52 Å². The van der Waals surface area contributed by atoms with Crippen molar-refractivity contribution in [3.63, 3.8) is 0 Å². The van der Waals surface area contributed by atoms with E-state index in [0.29, 0.717) is 12.3 Å². The van der Waals surface area contributed by atoms with Gasteiger partial charge in [0.15, 0.2) is 0 Å². The number of ketones is 1. The number of halogens is 1. The van der Waals surface area contributed by atoms with Crippen molar-refractivity contribution in [3.8, 4) is 0 Å². The summed E-state index contributed by atoms with van der Waals surface area (Å²) in [5, 5.41) is 3.59. The van der Waals surface area contributed by atoms with Crippen LogP contribution in [0.15, 0.2) is 33.3 Å². The molecule has 82 valence electrons. The third kappa shape index (κ3) is 2.36. The van der Waals surface area contributed by atoms with E-state index in [-0.39, 0.29) is 11.6 Å². The van der Waals surface area contributed by atoms with E-state index in [1.54, 1.807) is 0 Å². The third-order valence-corrected chi connectivity index (χ3v) is 2.86. The van der Waals surface area contributed by atoms with Gasteiger partial charge in [-0.3, -0.25) is 4.79 Å². The second-order valence-electron chi connectivity index (χ2n) is 3.34. The van der Waals surface area contributed by atoms with Crippen molar-refractivity contribution in [2.45, 2.75) is 13.3 Å². The van der Waals surface area contributed by atoms with Crippen LogP contribution in [-0.4, -0.2) is 15.9 Å². The van der Waals surface area contributed by atoms with Gasteiger partial charge >= 0.3 is 0 Å². The maximum Gasteiger partial charge on any atom is 0.238 e. The van der Waals surface area contributed by atoms with Gasteiger partial charge in [-0.1, -0.05) is 39.3 Å². The largest absolute Gasteiger partial charge is 0.339 e. The van der Waals surface area contributed by atoms with Crippen LogP contribution < -0.4 is 0 Å². The first-order valence-corrected chi connectivity index (χ1v) is 5.53. The lowest BCUT2D eigenvalue weighted by molar-refractivity contribution is 0.100. The fourth-order valence-electron chi connectivity index (χ4n) is 1.27. The summed E-state index contributed by atoms with van der Waals surface area (Å²) >= 11 is 3.43. The van der Waals surface area contributed by atoms with Crippen LogP contribution in [0.25, 0.3) is 0 Å². The highest BCUT2D eigenvalue weighted by Crippen LogP contribution is 2.18. The molecule has 0 saturated heterocycles. The maximum atomic E-state index is 11.0. The van der Waals surface area contributed by atoms with E-state index in [4.69, 9.17) is 4.52 Å². The number of hydrogen-bond donors (Lipinski definition) is 0. The predicted molar refractivity (Wildman–Crippen MR) is 61.3 cm³/mol. The molecule has 4 nitrogen and oxygen atoms in total. The van der Waals surface area contributed by atoms with Crippen LogP contribution in [0.2, 0.25) is 0 Å². The molecule has 0 unspecified atom stereocenters. The van der Waals surface area contributed by atoms with Gasteiger partial charge in [-0.2, -0.15) is 4.98 Å². The van der Waals surface area contributed by atoms with E-state index in [2.05, 4.69) is 26.1 Å². The Morgan fingerprint density at radius 1 is 1.44 bits per heavy atom. The quantitative estimate of drug-likeness (QED) is 0.811. The van der Waals surface area contributed by atoms with Gasteiger partial charge in [0, 0.05) is 11.4 Å². The number of carbonyl (C=O) groups excluding carboxylic acids is 1. The molecule has 0 N–H and O–H groups in total. The van der Waals surface area contributed by atoms with Crippen LogP contribution >= 0.6 is 15.9 Å². The maximum absolute atomic E-state index is 11.0. The molecule has 0 atom stereocenters. The molecule has 0 aliphatic heterocycles. The first kappa shape index (κ1) is 11.0. The Kier molecular flexibility index (Phi) is 3.14. The average molecular weight is 281 g/mol. The van der Waals surface area contributed by atoms with Crippen molar-refractivity contribution >= 4 is 21.7 Å². The highest BCUT2D eigenvalue weighted by atomic mass is 79.9. The van der Waals surface area contributed by atoms with E-state index < -0.39 is 0 Å². The fraction of sp³-hybridized carbons (Fsp3) is 0.182. The molecule has 0 fully saturated rings. The van der Waals surface area contributed by atoms with Crippen LogP contribution in [0.5, 0.6) is 0 Å². The molecule has 1 aromatic carbocycles. The zero-order valence-corrected chi connectivity index (χ0v) is 10.2. The molecule has 0 spiro atoms. The summed E-state index contributed by atoms with van der Waals surface area (Å²) in [6.07, 6.45) is 0.516. The van der Waals surface area contributed by atoms with Gasteiger partial charge in [-0.25, -0.2) is 0 Å². The first-order chi connectivity index (χ1) is 7.66. The second kappa shape index (κ2) is 4.57. The molecule has 0 amide bonds. The predicted octanol–water partition coefficient (Wildman–Crippen LogP) is 2.63. The van der Waals surface area contributed by atoms with Gasteiger partial charge in [0.2, 0.25) is 17.5 Å². The Morgan fingerprint density at radius 3 is 2.81 bits per heavy atom. The molecular weight excluding hydrogens is 272 g/mol. The Labute approximate surface area is 101 Å². The van der Waals surface area contributed by atoms with Crippen LogP contribution in [0.3, 0.4) is 0 Å². The standard InChI is InChI=1S/C11H9BrN2O2/c1-7(15)11-13-10(16-14-11)6-8-4-2-3-5-9(8)12/h2-5H,6H2,1H3. The van der Waals surface area contributed by atoms with Crippen molar-refractivity contribution in [1.82, 2.24) is 10.1 Å². The summed E-state index contributed by atoms with van der Waals surface area (Å²) < 4.78 is 5.97. The summed E-state index contributed by atoms with van der Waals surface area (Å²) in [6, 6.07) is 7.77. The lowest BCUT2D eigenvalue weighted by Crippen LogP contribution is -1.95. The smallest absolute Gasteiger partial charge is 0.238 e. The lowest BCUT2D eigenvalue weighted by atomic mass is 10.1. The zero-order chi connectivity index (χ0) is 11.5. The van der Waals surface area contributed by atoms with Crippen LogP contribution in [-0.2, 0) is 6.42 Å². The van der Waals surface area contributed by atoms with Crippen molar-refractivity contribution in [3.05, 3.63) is 46.0 Å². The van der Waals surface area contributed by atoms with Gasteiger partial charge in [-0.15, -0.1) is 0 Å². The molecular formula is C11H9BrN2O2. The summed E-state index contributed by atoms with van der Waals surface area (Å²) in [5.74, 6) is 0.376. The number of Topliss-reactive ketones (excluding diaryl/α,β-unsaturated/α-hetero) is 1. The van der Waals surface area contributed by atoms with E-state index in [1.807, 2.05) is 24.3 Å². The van der Waals surface area contributed by atoms with E-state index in [1.165, 1.54) is 6.92 Å². The molecule has 1 heterocycles. The summed E-state index contributed by atoms with van der Waals surface area (Å²) in [5.41, 5.74) is 1.04. The SMILES string of the molecule is CC(=O)c1noc(Cc2ccccc2Br)n1. The molecule has 2 aromatic rings. The Morgan fingerprint density at radius 2 is 2.19 bits per heavy atom. The fourth-order valence-corrected chi connectivity index (χ4v) is 1.70. The summed E-state index contributed by atoms with van der Waals surface area (Å²) in [4.78, 5) is 15.0. The topological polar surface area (TPSA) is 56.0 Å². The van der Waals surface area contributed by atoms with E-state index >= 15 is 0 Å². The Balaban J connectivity index is 2.21. The average Bonchev–Trinajstić information content (AvgIpc) is 2.70. The van der Waals surface area contributed by atoms with Crippen molar-refractivity contribution in [2.75, 3.05) is 0 Å². The Hall–Kier alpha value is -1.49. The van der Waals surface area contributed by atoms with Crippen LogP contribution in [0.4, 0.5) is 0 Å². The lowest BCUT2D eigenvalue weighted by Gasteiger charge is -1.98. The second-order valence-corrected chi connectivity index (χ2v) is 4.19. The van der Waals surface area contributed by atoms with Crippen molar-refractivity contribution in [2.24, 2.45) is 0 Å². The highest BCUT2D eigenvalue weighted by molar-refractivity contribution is 9.10. The number of nitrogens with zero attached hydrogens (tertiary/aromatic N) is 2. The van der Waals surface area contributed by atoms with Crippen LogP contribution in [0.1, 0.15) is 29.0 Å². The third-order valence-electron chi connectivity index (χ3n) is 2.08.